The molecule has 0 radical (unpaired) electrons. The quantitative estimate of drug-likeness (QED) is 0.283. The number of hydrogen-bond donors (Lipinski definition) is 0. The summed E-state index contributed by atoms with van der Waals surface area (Å²) < 4.78 is 15.5. The van der Waals surface area contributed by atoms with Crippen LogP contribution in [0.25, 0.3) is 21.5 Å². The second kappa shape index (κ2) is 8.70. The highest BCUT2D eigenvalue weighted by Crippen LogP contribution is 2.42. The molecule has 10 rings (SSSR count). The number of benzene rings is 4. The lowest BCUT2D eigenvalue weighted by molar-refractivity contribution is 0.414. The average molecular weight is 587 g/mol. The van der Waals surface area contributed by atoms with Gasteiger partial charge in [0.2, 0.25) is 0 Å². The van der Waals surface area contributed by atoms with Crippen molar-refractivity contribution in [2.75, 3.05) is 14.2 Å². The predicted octanol–water partition coefficient (Wildman–Crippen LogP) is 5.06. The first-order valence-corrected chi connectivity index (χ1v) is 14.6. The van der Waals surface area contributed by atoms with Gasteiger partial charge in [0, 0.05) is 43.8 Å². The summed E-state index contributed by atoms with van der Waals surface area (Å²) in [4.78, 5) is 31.0. The van der Waals surface area contributed by atoms with Gasteiger partial charge in [0.1, 0.15) is 40.8 Å². The van der Waals surface area contributed by atoms with E-state index in [2.05, 4.69) is 21.3 Å². The lowest BCUT2D eigenvalue weighted by atomic mass is 10.1. The lowest BCUT2D eigenvalue weighted by Gasteiger charge is -2.12. The molecule has 0 fully saturated rings. The number of rotatable bonds is 2. The molecule has 6 aromatic rings. The summed E-state index contributed by atoms with van der Waals surface area (Å²) in [6, 6.07) is 28.2. The Morgan fingerprint density at radius 3 is 1.67 bits per heavy atom. The molecule has 45 heavy (non-hydrogen) atoms. The van der Waals surface area contributed by atoms with E-state index in [0.717, 1.165) is 72.1 Å². The second-order valence-electron chi connectivity index (χ2n) is 11.2. The fourth-order valence-electron chi connectivity index (χ4n) is 6.66. The van der Waals surface area contributed by atoms with Gasteiger partial charge in [-0.05, 0) is 36.4 Å². The number of hydrogen-bond acceptors (Lipinski definition) is 8. The molecule has 2 aromatic heterocycles. The van der Waals surface area contributed by atoms with Crippen molar-refractivity contribution in [3.63, 3.8) is 0 Å². The Balaban J connectivity index is 1.45. The number of ether oxygens (including phenoxy) is 2. The van der Waals surface area contributed by atoms with E-state index in [9.17, 15) is 0 Å². The first-order chi connectivity index (χ1) is 22.2. The minimum atomic E-state index is 0.359. The van der Waals surface area contributed by atoms with Crippen molar-refractivity contribution in [2.45, 2.75) is 6.67 Å². The minimum Gasteiger partial charge on any atom is -0.497 e. The molecule has 0 N–H and O–H groups in total. The van der Waals surface area contributed by atoms with E-state index in [1.54, 1.807) is 14.2 Å². The monoisotopic (exact) mass is 586 g/mol. The Kier molecular flexibility index (Phi) is 4.70. The van der Waals surface area contributed by atoms with Gasteiger partial charge in [-0.15, -0.1) is 0 Å². The zero-order valence-corrected chi connectivity index (χ0v) is 24.2. The fraction of sp³-hybridized carbons (Fsp3) is 0.0857. The molecule has 10 heteroatoms. The predicted molar refractivity (Wildman–Crippen MR) is 173 cm³/mol. The van der Waals surface area contributed by atoms with Crippen molar-refractivity contribution < 1.29 is 9.47 Å². The Bertz CT molecular complexity index is 2600. The molecule has 214 valence electrons. The van der Waals surface area contributed by atoms with E-state index in [4.69, 9.17) is 39.4 Å². The van der Waals surface area contributed by atoms with Crippen LogP contribution in [0.15, 0.2) is 115 Å². The van der Waals surface area contributed by atoms with Gasteiger partial charge in [0.15, 0.2) is 23.3 Å². The van der Waals surface area contributed by atoms with Crippen LogP contribution in [0.5, 0.6) is 11.5 Å². The first-order valence-electron chi connectivity index (χ1n) is 14.6. The van der Waals surface area contributed by atoms with Gasteiger partial charge in [-0.3, -0.25) is 9.13 Å². The number of fused-ring (bicyclic) bond motifs is 14. The smallest absolute Gasteiger partial charge is 0.164 e. The van der Waals surface area contributed by atoms with E-state index in [1.807, 2.05) is 72.8 Å². The van der Waals surface area contributed by atoms with Crippen LogP contribution in [0.2, 0.25) is 0 Å². The van der Waals surface area contributed by atoms with E-state index in [0.29, 0.717) is 35.8 Å². The number of aromatic nitrogens is 2. The summed E-state index contributed by atoms with van der Waals surface area (Å²) >= 11 is 0. The topological polar surface area (TPSA) is 102 Å². The number of methoxy groups -OCH3 is 2. The van der Waals surface area contributed by atoms with Gasteiger partial charge in [-0.1, -0.05) is 48.5 Å². The molecule has 6 heterocycles. The third-order valence-electron chi connectivity index (χ3n) is 8.81. The van der Waals surface area contributed by atoms with Crippen molar-refractivity contribution in [3.05, 3.63) is 118 Å². The van der Waals surface area contributed by atoms with E-state index in [1.165, 1.54) is 0 Å². The van der Waals surface area contributed by atoms with Gasteiger partial charge >= 0.3 is 0 Å². The molecule has 6 bridgehead atoms. The van der Waals surface area contributed by atoms with Crippen LogP contribution in [0.1, 0.15) is 22.3 Å². The highest BCUT2D eigenvalue weighted by atomic mass is 16.5. The van der Waals surface area contributed by atoms with Gasteiger partial charge in [0.05, 0.1) is 14.2 Å². The molecule has 0 atom stereocenters. The molecule has 10 nitrogen and oxygen atoms in total. The maximum absolute atomic E-state index is 5.68. The Morgan fingerprint density at radius 1 is 0.467 bits per heavy atom. The van der Waals surface area contributed by atoms with Gasteiger partial charge in [-0.2, -0.15) is 0 Å². The molecule has 4 aromatic carbocycles. The van der Waals surface area contributed by atoms with Gasteiger partial charge in [-0.25, -0.2) is 30.0 Å². The molecule has 0 amide bonds. The van der Waals surface area contributed by atoms with Crippen LogP contribution in [-0.2, 0) is 6.67 Å². The summed E-state index contributed by atoms with van der Waals surface area (Å²) in [5.74, 6) is 5.23. The summed E-state index contributed by atoms with van der Waals surface area (Å²) in [6.45, 7) is 0.359. The normalized spacial score (nSPS) is 15.2. The number of aliphatic imine (C=N–C) groups is 4. The maximum Gasteiger partial charge on any atom is 0.164 e. The molecular weight excluding hydrogens is 564 g/mol. The Morgan fingerprint density at radius 2 is 1.00 bits per heavy atom. The molecule has 4 aliphatic heterocycles. The molecular formula is C35H22N8O2. The molecule has 0 unspecified atom stereocenters. The SMILES string of the molecule is COc1ccc2c(c1)C1=Nc3c4cc(OC)ccc4c4n3Cn3c(c5ccccc5c3=NC2=N1)=NC1=NC(=N4)c2ccccc21. The van der Waals surface area contributed by atoms with Crippen molar-refractivity contribution in [1.82, 2.24) is 9.13 Å². The molecule has 4 aliphatic rings. The van der Waals surface area contributed by atoms with Crippen molar-refractivity contribution in [3.8, 4) is 11.5 Å². The zero-order chi connectivity index (χ0) is 29.8. The Hall–Kier alpha value is -6.16. The highest BCUT2D eigenvalue weighted by Gasteiger charge is 2.29. The third-order valence-corrected chi connectivity index (χ3v) is 8.81. The molecule has 0 saturated carbocycles. The van der Waals surface area contributed by atoms with Crippen LogP contribution in [0.4, 0.5) is 11.6 Å². The van der Waals surface area contributed by atoms with Crippen LogP contribution < -0.4 is 20.4 Å². The van der Waals surface area contributed by atoms with Crippen LogP contribution >= 0.6 is 0 Å². The lowest BCUT2D eigenvalue weighted by Crippen LogP contribution is -2.32. The minimum absolute atomic E-state index is 0.359. The van der Waals surface area contributed by atoms with Gasteiger partial charge < -0.3 is 9.47 Å². The number of nitrogens with zero attached hydrogens (tertiary/aromatic N) is 8. The van der Waals surface area contributed by atoms with Crippen molar-refractivity contribution in [2.24, 2.45) is 30.0 Å². The second-order valence-corrected chi connectivity index (χ2v) is 11.2. The van der Waals surface area contributed by atoms with Crippen molar-refractivity contribution >= 4 is 56.5 Å². The summed E-state index contributed by atoms with van der Waals surface area (Å²) in [6.07, 6.45) is 0. The zero-order valence-electron chi connectivity index (χ0n) is 24.2. The maximum atomic E-state index is 5.68. The molecule has 0 spiro atoms. The fourth-order valence-corrected chi connectivity index (χ4v) is 6.66. The summed E-state index contributed by atoms with van der Waals surface area (Å²) in [7, 11) is 3.32. The average Bonchev–Trinajstić information content (AvgIpc) is 3.78. The van der Waals surface area contributed by atoms with Gasteiger partial charge in [0.25, 0.3) is 0 Å². The van der Waals surface area contributed by atoms with E-state index in [-0.39, 0.29) is 0 Å². The van der Waals surface area contributed by atoms with Crippen LogP contribution in [0, 0.1) is 0 Å². The standard InChI is InChI=1S/C35H22N8O2/c1-44-18-11-13-22-26(15-18)31-37-30(22)40-33-24-10-6-5-9-23(24)32-38-28-20-7-3-4-8-21(20)29(36-28)39-34-25-14-12-19(45-2)16-27(25)35(41-31)43(34)17-42(32)33/h3-16H,17H2,1-2H3. The largest absolute Gasteiger partial charge is 0.497 e. The van der Waals surface area contributed by atoms with E-state index >= 15 is 0 Å². The van der Waals surface area contributed by atoms with Crippen LogP contribution in [-0.4, -0.2) is 46.7 Å². The summed E-state index contributed by atoms with van der Waals surface area (Å²) in [5, 5.41) is 3.75. The van der Waals surface area contributed by atoms with Crippen LogP contribution in [0.3, 0.4) is 0 Å². The van der Waals surface area contributed by atoms with Crippen molar-refractivity contribution in [1.29, 1.82) is 0 Å². The van der Waals surface area contributed by atoms with E-state index < -0.39 is 0 Å². The summed E-state index contributed by atoms with van der Waals surface area (Å²) in [5.41, 5.74) is 5.11. The third kappa shape index (κ3) is 3.27. The Labute approximate surface area is 255 Å². The number of amidine groups is 4. The first kappa shape index (κ1) is 24.3. The molecule has 0 aliphatic carbocycles. The molecule has 0 saturated heterocycles. The highest BCUT2D eigenvalue weighted by molar-refractivity contribution is 6.25.